The number of likely N-dealkylation sites (tertiary alicyclic amines) is 2. The van der Waals surface area contributed by atoms with E-state index in [1.807, 2.05) is 12.1 Å². The molecule has 0 spiro atoms. The Morgan fingerprint density at radius 2 is 1.85 bits per heavy atom. The second-order valence-corrected chi connectivity index (χ2v) is 11.1. The molecule has 3 atom stereocenters. The Balaban J connectivity index is 1.31. The standard InChI is InChI=1S/C29H37FN2O2/c1-34-24-9-8-23-18-27-29(33)13-16-31(14-10-22-4-2-3-5-26(22)30)15-11-28(29,25(23)19-24)12-17-32(27)20-21-6-7-21/h2-5,8-9,19,21,27,33H,6-7,10-18,20H2,1H3/t27-,28+,29-/m1/s1. The molecular formula is C29H37FN2O2. The highest BCUT2D eigenvalue weighted by atomic mass is 19.1. The van der Waals surface area contributed by atoms with E-state index in [9.17, 15) is 9.50 Å². The fourth-order valence-electron chi connectivity index (χ4n) is 7.23. The SMILES string of the molecule is COc1ccc2c(c1)[C@@]13CCN(CCc4ccccc4F)CC[C@@]1(O)[C@@H](C2)N(CC1CC1)CC3. The van der Waals surface area contributed by atoms with Gasteiger partial charge in [-0.2, -0.15) is 0 Å². The van der Waals surface area contributed by atoms with Gasteiger partial charge in [0.15, 0.2) is 0 Å². The molecule has 2 aliphatic heterocycles. The molecule has 2 saturated heterocycles. The van der Waals surface area contributed by atoms with Gasteiger partial charge in [0.1, 0.15) is 11.6 Å². The molecule has 2 aromatic carbocycles. The van der Waals surface area contributed by atoms with Crippen molar-refractivity contribution in [2.24, 2.45) is 5.92 Å². The Bertz CT molecular complexity index is 1060. The minimum absolute atomic E-state index is 0.115. The maximum atomic E-state index is 14.2. The minimum Gasteiger partial charge on any atom is -0.497 e. The van der Waals surface area contributed by atoms with Crippen LogP contribution in [0.5, 0.6) is 5.75 Å². The number of aliphatic hydroxyl groups is 1. The van der Waals surface area contributed by atoms with Gasteiger partial charge in [0, 0.05) is 31.1 Å². The Hall–Kier alpha value is -1.95. The van der Waals surface area contributed by atoms with Crippen LogP contribution in [0.4, 0.5) is 4.39 Å². The molecular weight excluding hydrogens is 427 g/mol. The molecule has 2 bridgehead atoms. The zero-order valence-corrected chi connectivity index (χ0v) is 20.3. The number of piperidine rings is 1. The quantitative estimate of drug-likeness (QED) is 0.696. The molecule has 2 aliphatic carbocycles. The lowest BCUT2D eigenvalue weighted by atomic mass is 9.52. The zero-order valence-electron chi connectivity index (χ0n) is 20.3. The van der Waals surface area contributed by atoms with Crippen molar-refractivity contribution in [3.63, 3.8) is 0 Å². The molecule has 5 heteroatoms. The molecule has 182 valence electrons. The summed E-state index contributed by atoms with van der Waals surface area (Å²) in [6.07, 6.45) is 7.00. The molecule has 2 heterocycles. The van der Waals surface area contributed by atoms with Gasteiger partial charge in [-0.25, -0.2) is 4.39 Å². The van der Waals surface area contributed by atoms with Crippen LogP contribution in [-0.2, 0) is 18.3 Å². The first-order valence-corrected chi connectivity index (χ1v) is 13.1. The summed E-state index contributed by atoms with van der Waals surface area (Å²) in [5.74, 6) is 1.59. The third kappa shape index (κ3) is 3.68. The maximum absolute atomic E-state index is 14.2. The summed E-state index contributed by atoms with van der Waals surface area (Å²) in [5, 5.41) is 12.6. The summed E-state index contributed by atoms with van der Waals surface area (Å²) >= 11 is 0. The van der Waals surface area contributed by atoms with E-state index in [0.29, 0.717) is 6.42 Å². The lowest BCUT2D eigenvalue weighted by Crippen LogP contribution is -2.71. The molecule has 0 amide bonds. The van der Waals surface area contributed by atoms with Gasteiger partial charge in [0.25, 0.3) is 0 Å². The molecule has 2 aromatic rings. The van der Waals surface area contributed by atoms with Crippen molar-refractivity contribution in [2.45, 2.75) is 62.0 Å². The van der Waals surface area contributed by atoms with Crippen LogP contribution in [0.2, 0.25) is 0 Å². The first-order valence-electron chi connectivity index (χ1n) is 13.1. The summed E-state index contributed by atoms with van der Waals surface area (Å²) < 4.78 is 19.8. The molecule has 0 unspecified atom stereocenters. The van der Waals surface area contributed by atoms with Crippen molar-refractivity contribution in [2.75, 3.05) is 39.8 Å². The van der Waals surface area contributed by atoms with Crippen molar-refractivity contribution in [3.05, 3.63) is 65.0 Å². The highest BCUT2D eigenvalue weighted by molar-refractivity contribution is 5.48. The molecule has 1 saturated carbocycles. The van der Waals surface area contributed by atoms with Crippen LogP contribution in [0, 0.1) is 11.7 Å². The van der Waals surface area contributed by atoms with Gasteiger partial charge in [0.05, 0.1) is 12.7 Å². The molecule has 4 nitrogen and oxygen atoms in total. The number of ether oxygens (including phenoxy) is 1. The van der Waals surface area contributed by atoms with Gasteiger partial charge in [-0.05, 0) is 98.8 Å². The number of rotatable bonds is 6. The fourth-order valence-corrected chi connectivity index (χ4v) is 7.23. The van der Waals surface area contributed by atoms with Gasteiger partial charge in [-0.1, -0.05) is 24.3 Å². The normalized spacial score (nSPS) is 31.4. The molecule has 3 fully saturated rings. The molecule has 1 N–H and O–H groups in total. The lowest BCUT2D eigenvalue weighted by molar-refractivity contribution is -0.149. The van der Waals surface area contributed by atoms with Gasteiger partial charge in [-0.15, -0.1) is 0 Å². The number of methoxy groups -OCH3 is 1. The Morgan fingerprint density at radius 1 is 1.06 bits per heavy atom. The van der Waals surface area contributed by atoms with Crippen molar-refractivity contribution in [1.82, 2.24) is 9.80 Å². The Kier molecular flexibility index (Phi) is 5.70. The van der Waals surface area contributed by atoms with Gasteiger partial charge < -0.3 is 14.7 Å². The number of hydrogen-bond donors (Lipinski definition) is 1. The van der Waals surface area contributed by atoms with E-state index >= 15 is 0 Å². The maximum Gasteiger partial charge on any atom is 0.126 e. The topological polar surface area (TPSA) is 35.9 Å². The molecule has 34 heavy (non-hydrogen) atoms. The van der Waals surface area contributed by atoms with Crippen molar-refractivity contribution < 1.29 is 14.2 Å². The smallest absolute Gasteiger partial charge is 0.126 e. The van der Waals surface area contributed by atoms with Gasteiger partial charge in [-0.3, -0.25) is 4.90 Å². The molecule has 0 aromatic heterocycles. The highest BCUT2D eigenvalue weighted by Crippen LogP contribution is 2.56. The van der Waals surface area contributed by atoms with Crippen LogP contribution in [0.3, 0.4) is 0 Å². The van der Waals surface area contributed by atoms with E-state index in [1.165, 1.54) is 24.0 Å². The highest BCUT2D eigenvalue weighted by Gasteiger charge is 2.63. The van der Waals surface area contributed by atoms with Crippen LogP contribution in [-0.4, -0.2) is 66.4 Å². The van der Waals surface area contributed by atoms with Crippen molar-refractivity contribution >= 4 is 0 Å². The van der Waals surface area contributed by atoms with Crippen molar-refractivity contribution in [1.29, 1.82) is 0 Å². The predicted molar refractivity (Wildman–Crippen MR) is 132 cm³/mol. The van der Waals surface area contributed by atoms with E-state index in [2.05, 4.69) is 28.0 Å². The van der Waals surface area contributed by atoms with E-state index < -0.39 is 5.60 Å². The number of hydrogen-bond acceptors (Lipinski definition) is 4. The first kappa shape index (κ1) is 22.5. The van der Waals surface area contributed by atoms with Crippen LogP contribution in [0.25, 0.3) is 0 Å². The molecule has 6 rings (SSSR count). The number of benzene rings is 2. The van der Waals surface area contributed by atoms with Gasteiger partial charge in [0.2, 0.25) is 0 Å². The zero-order chi connectivity index (χ0) is 23.3. The largest absolute Gasteiger partial charge is 0.497 e. The summed E-state index contributed by atoms with van der Waals surface area (Å²) in [7, 11) is 1.73. The van der Waals surface area contributed by atoms with E-state index in [4.69, 9.17) is 4.74 Å². The minimum atomic E-state index is -0.744. The average molecular weight is 465 g/mol. The van der Waals surface area contributed by atoms with E-state index in [0.717, 1.165) is 75.6 Å². The van der Waals surface area contributed by atoms with Crippen LogP contribution >= 0.6 is 0 Å². The number of halogens is 1. The van der Waals surface area contributed by atoms with Crippen LogP contribution in [0.15, 0.2) is 42.5 Å². The monoisotopic (exact) mass is 464 g/mol. The fraction of sp³-hybridized carbons (Fsp3) is 0.586. The Labute approximate surface area is 202 Å². The summed E-state index contributed by atoms with van der Waals surface area (Å²) in [4.78, 5) is 5.08. The number of nitrogens with zero attached hydrogens (tertiary/aromatic N) is 2. The second kappa shape index (κ2) is 8.61. The predicted octanol–water partition coefficient (Wildman–Crippen LogP) is 4.18. The third-order valence-corrected chi connectivity index (χ3v) is 9.40. The van der Waals surface area contributed by atoms with Crippen LogP contribution < -0.4 is 4.74 Å². The van der Waals surface area contributed by atoms with E-state index in [1.54, 1.807) is 19.2 Å². The van der Waals surface area contributed by atoms with Crippen LogP contribution in [0.1, 0.15) is 48.8 Å². The molecule has 0 radical (unpaired) electrons. The third-order valence-electron chi connectivity index (χ3n) is 9.40. The second-order valence-electron chi connectivity index (χ2n) is 11.1. The summed E-state index contributed by atoms with van der Waals surface area (Å²) in [5.41, 5.74) is 2.49. The summed E-state index contributed by atoms with van der Waals surface area (Å²) in [6.45, 7) is 4.82. The van der Waals surface area contributed by atoms with E-state index in [-0.39, 0.29) is 17.3 Å². The lowest BCUT2D eigenvalue weighted by Gasteiger charge is -2.61. The van der Waals surface area contributed by atoms with Crippen molar-refractivity contribution in [3.8, 4) is 5.75 Å². The number of fused-ring (bicyclic) bond motifs is 1. The first-order chi connectivity index (χ1) is 16.5. The summed E-state index contributed by atoms with van der Waals surface area (Å²) in [6, 6.07) is 13.8. The average Bonchev–Trinajstić information content (AvgIpc) is 3.67. The Morgan fingerprint density at radius 3 is 2.65 bits per heavy atom. The van der Waals surface area contributed by atoms with Gasteiger partial charge >= 0.3 is 0 Å². The molecule has 4 aliphatic rings.